The first-order valence-corrected chi connectivity index (χ1v) is 9.67. The van der Waals surface area contributed by atoms with Crippen LogP contribution in [0.25, 0.3) is 0 Å². The third kappa shape index (κ3) is 3.12. The van der Waals surface area contributed by atoms with Gasteiger partial charge in [-0.25, -0.2) is 4.79 Å². The van der Waals surface area contributed by atoms with E-state index in [1.807, 2.05) is 12.1 Å². The van der Waals surface area contributed by atoms with Crippen LogP contribution in [0.4, 0.5) is 0 Å². The molecule has 1 saturated heterocycles. The third-order valence-electron chi connectivity index (χ3n) is 6.11. The molecule has 0 bridgehead atoms. The molecule has 0 unspecified atom stereocenters. The quantitative estimate of drug-likeness (QED) is 0.811. The zero-order chi connectivity index (χ0) is 19.2. The average molecular weight is 366 g/mol. The van der Waals surface area contributed by atoms with Crippen LogP contribution in [0.3, 0.4) is 0 Å². The first-order chi connectivity index (χ1) is 12.9. The summed E-state index contributed by atoms with van der Waals surface area (Å²) in [5.41, 5.74) is 2.09. The zero-order valence-electron chi connectivity index (χ0n) is 16.0. The van der Waals surface area contributed by atoms with Crippen LogP contribution in [-0.2, 0) is 4.74 Å². The number of rotatable bonds is 3. The van der Waals surface area contributed by atoms with Crippen LogP contribution in [0.5, 0.6) is 5.75 Å². The standard InChI is InChI=1S/C23H26O4/c1-4-19-17(14-8-6-5-7-9-14)13-18-21(26-19)16-11-10-15(22(24)25)12-20(16)27-23(18,2)3/h5-12,17-19,21H,4,13H2,1-3H3,(H,24,25)/t17-,18+,19+,21-/m1/s1. The van der Waals surface area contributed by atoms with Gasteiger partial charge in [0.25, 0.3) is 0 Å². The predicted molar refractivity (Wildman–Crippen MR) is 103 cm³/mol. The van der Waals surface area contributed by atoms with Gasteiger partial charge in [0.05, 0.1) is 17.8 Å². The van der Waals surface area contributed by atoms with E-state index in [0.717, 1.165) is 18.4 Å². The fourth-order valence-electron chi connectivity index (χ4n) is 4.65. The van der Waals surface area contributed by atoms with E-state index >= 15 is 0 Å². The molecule has 1 fully saturated rings. The third-order valence-corrected chi connectivity index (χ3v) is 6.11. The number of hydrogen-bond donors (Lipinski definition) is 1. The Bertz CT molecular complexity index is 843. The molecule has 142 valence electrons. The molecule has 4 nitrogen and oxygen atoms in total. The summed E-state index contributed by atoms with van der Waals surface area (Å²) in [5, 5.41) is 9.30. The van der Waals surface area contributed by atoms with Crippen molar-refractivity contribution in [2.45, 2.75) is 57.3 Å². The predicted octanol–water partition coefficient (Wildman–Crippen LogP) is 5.20. The lowest BCUT2D eigenvalue weighted by Gasteiger charge is -2.51. The Balaban J connectivity index is 1.73. The number of ether oxygens (including phenoxy) is 2. The Morgan fingerprint density at radius 2 is 1.93 bits per heavy atom. The molecule has 4 atom stereocenters. The van der Waals surface area contributed by atoms with Gasteiger partial charge in [-0.2, -0.15) is 0 Å². The number of hydrogen-bond acceptors (Lipinski definition) is 3. The van der Waals surface area contributed by atoms with E-state index in [-0.39, 0.29) is 23.7 Å². The Kier molecular flexibility index (Phi) is 4.47. The minimum Gasteiger partial charge on any atom is -0.487 e. The molecule has 27 heavy (non-hydrogen) atoms. The fraction of sp³-hybridized carbons (Fsp3) is 0.435. The SMILES string of the molecule is CC[C@@H]1O[C@@H]2c3ccc(C(=O)O)cc3OC(C)(C)[C@H]2C[C@@H]1c1ccccc1. The van der Waals surface area contributed by atoms with Crippen LogP contribution in [0, 0.1) is 5.92 Å². The van der Waals surface area contributed by atoms with E-state index in [1.165, 1.54) is 5.56 Å². The fourth-order valence-corrected chi connectivity index (χ4v) is 4.65. The zero-order valence-corrected chi connectivity index (χ0v) is 16.0. The number of fused-ring (bicyclic) bond motifs is 3. The molecule has 0 saturated carbocycles. The maximum atomic E-state index is 11.3. The molecule has 2 aliphatic rings. The number of carboxylic acid groups (broad SMARTS) is 1. The first-order valence-electron chi connectivity index (χ1n) is 9.67. The molecule has 0 aliphatic carbocycles. The van der Waals surface area contributed by atoms with Crippen molar-refractivity contribution in [1.82, 2.24) is 0 Å². The minimum atomic E-state index is -0.943. The van der Waals surface area contributed by atoms with Gasteiger partial charge in [-0.15, -0.1) is 0 Å². The summed E-state index contributed by atoms with van der Waals surface area (Å²) in [6.07, 6.45) is 1.98. The maximum Gasteiger partial charge on any atom is 0.335 e. The summed E-state index contributed by atoms with van der Waals surface area (Å²) in [6, 6.07) is 15.7. The first kappa shape index (κ1) is 18.1. The molecule has 0 amide bonds. The molecule has 0 spiro atoms. The summed E-state index contributed by atoms with van der Waals surface area (Å²) in [4.78, 5) is 11.3. The Hall–Kier alpha value is -2.33. The van der Waals surface area contributed by atoms with Crippen molar-refractivity contribution in [3.8, 4) is 5.75 Å². The summed E-state index contributed by atoms with van der Waals surface area (Å²) in [7, 11) is 0. The highest BCUT2D eigenvalue weighted by molar-refractivity contribution is 5.88. The molecule has 2 aromatic rings. The summed E-state index contributed by atoms with van der Waals surface area (Å²) in [5.74, 6) is 0.226. The minimum absolute atomic E-state index is 0.0727. The number of aromatic carboxylic acids is 1. The molecular weight excluding hydrogens is 340 g/mol. The van der Waals surface area contributed by atoms with E-state index in [9.17, 15) is 9.90 Å². The van der Waals surface area contributed by atoms with E-state index in [1.54, 1.807) is 12.1 Å². The van der Waals surface area contributed by atoms with Crippen LogP contribution < -0.4 is 4.74 Å². The molecular formula is C23H26O4. The van der Waals surface area contributed by atoms with Gasteiger partial charge in [-0.3, -0.25) is 0 Å². The van der Waals surface area contributed by atoms with Crippen molar-refractivity contribution in [1.29, 1.82) is 0 Å². The Labute approximate surface area is 160 Å². The van der Waals surface area contributed by atoms with Crippen LogP contribution in [-0.4, -0.2) is 22.8 Å². The lowest BCUT2D eigenvalue weighted by molar-refractivity contribution is -0.159. The van der Waals surface area contributed by atoms with E-state index in [2.05, 4.69) is 45.0 Å². The molecule has 2 heterocycles. The van der Waals surface area contributed by atoms with Crippen LogP contribution in [0.15, 0.2) is 48.5 Å². The van der Waals surface area contributed by atoms with Crippen LogP contribution in [0.2, 0.25) is 0 Å². The van der Waals surface area contributed by atoms with Crippen molar-refractivity contribution in [2.75, 3.05) is 0 Å². The maximum absolute atomic E-state index is 11.3. The average Bonchev–Trinajstić information content (AvgIpc) is 2.67. The van der Waals surface area contributed by atoms with E-state index in [4.69, 9.17) is 9.47 Å². The van der Waals surface area contributed by atoms with Crippen LogP contribution in [0.1, 0.15) is 67.1 Å². The lowest BCUT2D eigenvalue weighted by atomic mass is 9.70. The highest BCUT2D eigenvalue weighted by Crippen LogP contribution is 2.54. The van der Waals surface area contributed by atoms with Crippen LogP contribution >= 0.6 is 0 Å². The Morgan fingerprint density at radius 1 is 1.19 bits per heavy atom. The normalized spacial score (nSPS) is 28.6. The Morgan fingerprint density at radius 3 is 2.59 bits per heavy atom. The van der Waals surface area contributed by atoms with E-state index < -0.39 is 11.6 Å². The van der Waals surface area contributed by atoms with Crippen molar-refractivity contribution < 1.29 is 19.4 Å². The number of benzene rings is 2. The lowest BCUT2D eigenvalue weighted by Crippen LogP contribution is -2.50. The second-order valence-electron chi connectivity index (χ2n) is 8.13. The molecule has 4 heteroatoms. The molecule has 0 aromatic heterocycles. The van der Waals surface area contributed by atoms with Gasteiger partial charge in [-0.1, -0.05) is 43.3 Å². The van der Waals surface area contributed by atoms with Crippen molar-refractivity contribution in [3.05, 3.63) is 65.2 Å². The van der Waals surface area contributed by atoms with Gasteiger partial charge >= 0.3 is 5.97 Å². The van der Waals surface area contributed by atoms with Gasteiger partial charge in [-0.05, 0) is 44.4 Å². The topological polar surface area (TPSA) is 55.8 Å². The smallest absolute Gasteiger partial charge is 0.335 e. The summed E-state index contributed by atoms with van der Waals surface area (Å²) >= 11 is 0. The molecule has 0 radical (unpaired) electrons. The van der Waals surface area contributed by atoms with Gasteiger partial charge in [0.15, 0.2) is 0 Å². The van der Waals surface area contributed by atoms with Crippen molar-refractivity contribution in [2.24, 2.45) is 5.92 Å². The largest absolute Gasteiger partial charge is 0.487 e. The van der Waals surface area contributed by atoms with Crippen molar-refractivity contribution >= 4 is 5.97 Å². The van der Waals surface area contributed by atoms with Gasteiger partial charge in [0, 0.05) is 17.4 Å². The monoisotopic (exact) mass is 366 g/mol. The van der Waals surface area contributed by atoms with E-state index in [0.29, 0.717) is 11.7 Å². The number of carbonyl (C=O) groups is 1. The van der Waals surface area contributed by atoms with Gasteiger partial charge in [0.2, 0.25) is 0 Å². The molecule has 2 aliphatic heterocycles. The molecule has 4 rings (SSSR count). The molecule has 1 N–H and O–H groups in total. The second-order valence-corrected chi connectivity index (χ2v) is 8.13. The molecule has 2 aromatic carbocycles. The van der Waals surface area contributed by atoms with Crippen molar-refractivity contribution in [3.63, 3.8) is 0 Å². The highest BCUT2D eigenvalue weighted by Gasteiger charge is 2.50. The van der Waals surface area contributed by atoms with Gasteiger partial charge < -0.3 is 14.6 Å². The second kappa shape index (κ2) is 6.68. The summed E-state index contributed by atoms with van der Waals surface area (Å²) in [6.45, 7) is 6.33. The summed E-state index contributed by atoms with van der Waals surface area (Å²) < 4.78 is 12.9. The highest BCUT2D eigenvalue weighted by atomic mass is 16.5. The van der Waals surface area contributed by atoms with Gasteiger partial charge in [0.1, 0.15) is 11.4 Å². The number of carboxylic acids is 1.